The van der Waals surface area contributed by atoms with Crippen molar-refractivity contribution in [3.8, 4) is 11.4 Å². The van der Waals surface area contributed by atoms with Crippen LogP contribution in [0.5, 0.6) is 0 Å². The summed E-state index contributed by atoms with van der Waals surface area (Å²) in [5.41, 5.74) is 9.32. The molecule has 106 valence electrons. The monoisotopic (exact) mass is 279 g/mol. The summed E-state index contributed by atoms with van der Waals surface area (Å²) in [6, 6.07) is 17.5. The topological polar surface area (TPSA) is 64.9 Å². The van der Waals surface area contributed by atoms with Crippen LogP contribution in [0.2, 0.25) is 0 Å². The van der Waals surface area contributed by atoms with Crippen LogP contribution in [-0.4, -0.2) is 10.1 Å². The number of rotatable bonds is 4. The molecule has 0 unspecified atom stereocenters. The van der Waals surface area contributed by atoms with E-state index in [9.17, 15) is 0 Å². The van der Waals surface area contributed by atoms with E-state index in [-0.39, 0.29) is 0 Å². The van der Waals surface area contributed by atoms with Gasteiger partial charge in [-0.05, 0) is 17.5 Å². The summed E-state index contributed by atoms with van der Waals surface area (Å²) in [7, 11) is 0. The fraction of sp³-hybridized carbons (Fsp3) is 0.176. The summed E-state index contributed by atoms with van der Waals surface area (Å²) in [4.78, 5) is 4.41. The molecular formula is C17H17N3O. The van der Waals surface area contributed by atoms with Crippen molar-refractivity contribution in [2.45, 2.75) is 19.4 Å². The minimum atomic E-state index is -0.401. The standard InChI is InChI=1S/C17H17N3O/c1-2-12-8-10-14(11-9-12)16-19-17(21-20-16)15(18)13-6-4-3-5-7-13/h3-11,15H,2,18H2,1H3/t15-/m1/s1. The van der Waals surface area contributed by atoms with Gasteiger partial charge in [-0.2, -0.15) is 4.98 Å². The number of nitrogens with two attached hydrogens (primary N) is 1. The molecular weight excluding hydrogens is 262 g/mol. The average molecular weight is 279 g/mol. The maximum atomic E-state index is 6.16. The van der Waals surface area contributed by atoms with Gasteiger partial charge in [0.1, 0.15) is 6.04 Å². The molecule has 21 heavy (non-hydrogen) atoms. The van der Waals surface area contributed by atoms with Crippen molar-refractivity contribution in [3.63, 3.8) is 0 Å². The third-order valence-corrected chi connectivity index (χ3v) is 3.49. The van der Waals surface area contributed by atoms with E-state index in [0.29, 0.717) is 11.7 Å². The van der Waals surface area contributed by atoms with Crippen molar-refractivity contribution in [1.29, 1.82) is 0 Å². The zero-order chi connectivity index (χ0) is 14.7. The summed E-state index contributed by atoms with van der Waals surface area (Å²) in [5.74, 6) is 0.995. The van der Waals surface area contributed by atoms with Gasteiger partial charge >= 0.3 is 0 Å². The molecule has 2 N–H and O–H groups in total. The number of aromatic nitrogens is 2. The van der Waals surface area contributed by atoms with Crippen LogP contribution in [0.25, 0.3) is 11.4 Å². The van der Waals surface area contributed by atoms with Gasteiger partial charge in [0.2, 0.25) is 11.7 Å². The Morgan fingerprint density at radius 3 is 2.43 bits per heavy atom. The molecule has 0 bridgehead atoms. The molecule has 3 rings (SSSR count). The third kappa shape index (κ3) is 2.85. The van der Waals surface area contributed by atoms with Crippen molar-refractivity contribution >= 4 is 0 Å². The summed E-state index contributed by atoms with van der Waals surface area (Å²) in [5, 5.41) is 4.02. The summed E-state index contributed by atoms with van der Waals surface area (Å²) >= 11 is 0. The van der Waals surface area contributed by atoms with Crippen LogP contribution in [0.3, 0.4) is 0 Å². The van der Waals surface area contributed by atoms with Gasteiger partial charge in [-0.25, -0.2) is 0 Å². The number of hydrogen-bond donors (Lipinski definition) is 1. The van der Waals surface area contributed by atoms with Gasteiger partial charge in [0, 0.05) is 5.56 Å². The highest BCUT2D eigenvalue weighted by atomic mass is 16.5. The van der Waals surface area contributed by atoms with Gasteiger partial charge in [0.25, 0.3) is 0 Å². The first kappa shape index (κ1) is 13.5. The summed E-state index contributed by atoms with van der Waals surface area (Å²) in [6.07, 6.45) is 1.01. The number of benzene rings is 2. The Labute approximate surface area is 123 Å². The molecule has 1 atom stereocenters. The molecule has 1 aromatic heterocycles. The maximum absolute atomic E-state index is 6.16. The van der Waals surface area contributed by atoms with Crippen LogP contribution >= 0.6 is 0 Å². The lowest BCUT2D eigenvalue weighted by Crippen LogP contribution is -2.11. The molecule has 0 saturated heterocycles. The van der Waals surface area contributed by atoms with Crippen LogP contribution < -0.4 is 5.73 Å². The molecule has 0 saturated carbocycles. The Morgan fingerprint density at radius 2 is 1.76 bits per heavy atom. The Balaban J connectivity index is 1.85. The first-order valence-electron chi connectivity index (χ1n) is 7.01. The normalized spacial score (nSPS) is 12.3. The molecule has 2 aromatic carbocycles. The fourth-order valence-corrected chi connectivity index (χ4v) is 2.17. The van der Waals surface area contributed by atoms with E-state index in [1.54, 1.807) is 0 Å². The lowest BCUT2D eigenvalue weighted by atomic mass is 10.1. The largest absolute Gasteiger partial charge is 0.337 e. The highest BCUT2D eigenvalue weighted by Gasteiger charge is 2.17. The number of aryl methyl sites for hydroxylation is 1. The third-order valence-electron chi connectivity index (χ3n) is 3.49. The van der Waals surface area contributed by atoms with Crippen LogP contribution in [-0.2, 0) is 6.42 Å². The maximum Gasteiger partial charge on any atom is 0.248 e. The van der Waals surface area contributed by atoms with E-state index in [1.807, 2.05) is 42.5 Å². The quantitative estimate of drug-likeness (QED) is 0.795. The van der Waals surface area contributed by atoms with Crippen molar-refractivity contribution in [3.05, 3.63) is 71.6 Å². The van der Waals surface area contributed by atoms with Crippen molar-refractivity contribution in [2.24, 2.45) is 5.73 Å². The Bertz CT molecular complexity index is 704. The predicted molar refractivity (Wildman–Crippen MR) is 81.6 cm³/mol. The molecule has 0 aliphatic carbocycles. The van der Waals surface area contributed by atoms with Crippen LogP contribution in [0, 0.1) is 0 Å². The van der Waals surface area contributed by atoms with E-state index in [0.717, 1.165) is 17.5 Å². The second-order valence-electron chi connectivity index (χ2n) is 4.90. The zero-order valence-corrected chi connectivity index (χ0v) is 11.9. The Morgan fingerprint density at radius 1 is 1.05 bits per heavy atom. The Kier molecular flexibility index (Phi) is 3.79. The van der Waals surface area contributed by atoms with E-state index < -0.39 is 6.04 Å². The summed E-state index contributed by atoms with van der Waals surface area (Å²) in [6.45, 7) is 2.13. The molecule has 0 aliphatic rings. The molecule has 3 aromatic rings. The first-order chi connectivity index (χ1) is 10.3. The van der Waals surface area contributed by atoms with E-state index >= 15 is 0 Å². The minimum Gasteiger partial charge on any atom is -0.337 e. The van der Waals surface area contributed by atoms with Gasteiger partial charge in [-0.3, -0.25) is 0 Å². The van der Waals surface area contributed by atoms with Gasteiger partial charge in [-0.15, -0.1) is 0 Å². The van der Waals surface area contributed by atoms with Gasteiger partial charge in [-0.1, -0.05) is 66.7 Å². The molecule has 0 amide bonds. The van der Waals surface area contributed by atoms with E-state index in [2.05, 4.69) is 29.2 Å². The van der Waals surface area contributed by atoms with Crippen molar-refractivity contribution < 1.29 is 4.52 Å². The molecule has 0 radical (unpaired) electrons. The number of nitrogens with zero attached hydrogens (tertiary/aromatic N) is 2. The smallest absolute Gasteiger partial charge is 0.248 e. The minimum absolute atomic E-state index is 0.401. The lowest BCUT2D eigenvalue weighted by Gasteiger charge is -2.05. The van der Waals surface area contributed by atoms with Gasteiger partial charge in [0.15, 0.2) is 0 Å². The fourth-order valence-electron chi connectivity index (χ4n) is 2.17. The SMILES string of the molecule is CCc1ccc(-c2noc([C@H](N)c3ccccc3)n2)cc1. The molecule has 4 nitrogen and oxygen atoms in total. The number of hydrogen-bond acceptors (Lipinski definition) is 4. The van der Waals surface area contributed by atoms with Crippen molar-refractivity contribution in [2.75, 3.05) is 0 Å². The second kappa shape index (κ2) is 5.89. The first-order valence-corrected chi connectivity index (χ1v) is 7.01. The van der Waals surface area contributed by atoms with Crippen LogP contribution in [0.15, 0.2) is 59.1 Å². The van der Waals surface area contributed by atoms with E-state index in [4.69, 9.17) is 10.3 Å². The molecule has 0 aliphatic heterocycles. The second-order valence-corrected chi connectivity index (χ2v) is 4.90. The van der Waals surface area contributed by atoms with Gasteiger partial charge in [0.05, 0.1) is 0 Å². The lowest BCUT2D eigenvalue weighted by molar-refractivity contribution is 0.367. The Hall–Kier alpha value is -2.46. The molecule has 0 fully saturated rings. The highest BCUT2D eigenvalue weighted by Crippen LogP contribution is 2.22. The predicted octanol–water partition coefficient (Wildman–Crippen LogP) is 3.35. The zero-order valence-electron chi connectivity index (χ0n) is 11.9. The van der Waals surface area contributed by atoms with Crippen LogP contribution in [0.4, 0.5) is 0 Å². The molecule has 4 heteroatoms. The van der Waals surface area contributed by atoms with Crippen molar-refractivity contribution in [1.82, 2.24) is 10.1 Å². The highest BCUT2D eigenvalue weighted by molar-refractivity contribution is 5.54. The molecule has 1 heterocycles. The van der Waals surface area contributed by atoms with Crippen LogP contribution in [0.1, 0.15) is 30.0 Å². The van der Waals surface area contributed by atoms with Gasteiger partial charge < -0.3 is 10.3 Å². The summed E-state index contributed by atoms with van der Waals surface area (Å²) < 4.78 is 5.31. The molecule has 0 spiro atoms. The van der Waals surface area contributed by atoms with E-state index in [1.165, 1.54) is 5.56 Å². The average Bonchev–Trinajstić information content (AvgIpc) is 3.05.